The van der Waals surface area contributed by atoms with Gasteiger partial charge in [-0.15, -0.1) is 0 Å². The van der Waals surface area contributed by atoms with E-state index in [2.05, 4.69) is 15.1 Å². The van der Waals surface area contributed by atoms with E-state index in [-0.39, 0.29) is 29.7 Å². The van der Waals surface area contributed by atoms with E-state index in [0.29, 0.717) is 94.9 Å². The number of aromatic nitrogens is 4. The third-order valence-electron chi connectivity index (χ3n) is 6.85. The summed E-state index contributed by atoms with van der Waals surface area (Å²) in [6.07, 6.45) is 8.33. The highest BCUT2D eigenvalue weighted by atomic mass is 35.5. The maximum absolute atomic E-state index is 11.4. The number of aryl methyl sites for hydroxylation is 1. The second-order valence-corrected chi connectivity index (χ2v) is 11.3. The fraction of sp³-hybridized carbons (Fsp3) is 0.393. The number of aliphatic hydroxyl groups is 1. The van der Waals surface area contributed by atoms with Crippen molar-refractivity contribution in [3.63, 3.8) is 0 Å². The first-order valence-corrected chi connectivity index (χ1v) is 14.2. The van der Waals surface area contributed by atoms with Crippen LogP contribution in [0, 0.1) is 6.92 Å². The minimum atomic E-state index is -0.201. The molecular weight excluding hydrogens is 579 g/mol. The van der Waals surface area contributed by atoms with Crippen LogP contribution in [0.4, 0.5) is 0 Å². The molecule has 210 valence electrons. The Morgan fingerprint density at radius 3 is 2.25 bits per heavy atom. The van der Waals surface area contributed by atoms with Crippen molar-refractivity contribution in [3.05, 3.63) is 51.2 Å². The van der Waals surface area contributed by atoms with E-state index in [4.69, 9.17) is 49.2 Å². The number of nitrogens with zero attached hydrogens (tertiary/aromatic N) is 4. The molecule has 0 unspecified atom stereocenters. The zero-order chi connectivity index (χ0) is 28.4. The van der Waals surface area contributed by atoms with Crippen LogP contribution >= 0.6 is 34.8 Å². The predicted octanol–water partition coefficient (Wildman–Crippen LogP) is 6.70. The number of carbonyl (C=O) groups excluding carboxylic acids is 2. The second-order valence-electron chi connectivity index (χ2n) is 10.0. The summed E-state index contributed by atoms with van der Waals surface area (Å²) >= 11 is 19.2. The lowest BCUT2D eigenvalue weighted by Crippen LogP contribution is -2.24. The van der Waals surface area contributed by atoms with Crippen LogP contribution in [0.25, 0.3) is 28.6 Å². The van der Waals surface area contributed by atoms with E-state index in [1.54, 1.807) is 18.3 Å². The van der Waals surface area contributed by atoms with Crippen LogP contribution in [0.5, 0.6) is 5.75 Å². The Labute approximate surface area is 245 Å². The molecule has 0 radical (unpaired) electrons. The van der Waals surface area contributed by atoms with E-state index >= 15 is 0 Å². The van der Waals surface area contributed by atoms with E-state index in [1.165, 1.54) is 0 Å². The van der Waals surface area contributed by atoms with E-state index in [0.717, 1.165) is 5.56 Å². The predicted molar refractivity (Wildman–Crippen MR) is 151 cm³/mol. The number of Topliss-reactive ketones (excluding diaryl/α,β-unsaturated/α-hetero) is 2. The summed E-state index contributed by atoms with van der Waals surface area (Å²) in [5, 5.41) is 14.2. The summed E-state index contributed by atoms with van der Waals surface area (Å²) in [6, 6.07) is 5.12. The van der Waals surface area contributed by atoms with Gasteiger partial charge in [-0.05, 0) is 50.3 Å². The summed E-state index contributed by atoms with van der Waals surface area (Å²) in [5.74, 6) is 1.54. The average Bonchev–Trinajstić information content (AvgIpc) is 3.57. The summed E-state index contributed by atoms with van der Waals surface area (Å²) in [6.45, 7) is 1.95. The topological polar surface area (TPSA) is 120 Å². The Hall–Kier alpha value is -2.98. The highest BCUT2D eigenvalue weighted by Crippen LogP contribution is 2.38. The molecule has 2 aliphatic rings. The van der Waals surface area contributed by atoms with Gasteiger partial charge >= 0.3 is 0 Å². The van der Waals surface area contributed by atoms with E-state index in [9.17, 15) is 9.59 Å². The van der Waals surface area contributed by atoms with Gasteiger partial charge in [0.1, 0.15) is 23.0 Å². The molecule has 0 aliphatic heterocycles. The van der Waals surface area contributed by atoms with Crippen LogP contribution in [0.3, 0.4) is 0 Å². The molecule has 9 nitrogen and oxygen atoms in total. The number of pyridine rings is 1. The monoisotopic (exact) mass is 604 g/mol. The lowest BCUT2D eigenvalue weighted by atomic mass is 9.96. The number of ketones is 2. The van der Waals surface area contributed by atoms with Gasteiger partial charge in [0.05, 0.1) is 27.3 Å². The Kier molecular flexibility index (Phi) is 8.75. The van der Waals surface area contributed by atoms with Gasteiger partial charge in [0.25, 0.3) is 5.89 Å². The van der Waals surface area contributed by atoms with Crippen molar-refractivity contribution < 1.29 is 24.0 Å². The minimum Gasteiger partial charge on any atom is -0.489 e. The fourth-order valence-electron chi connectivity index (χ4n) is 4.66. The Bertz CT molecular complexity index is 1550. The number of rotatable bonds is 4. The van der Waals surface area contributed by atoms with Gasteiger partial charge in [0.2, 0.25) is 5.82 Å². The quantitative estimate of drug-likeness (QED) is 0.273. The minimum absolute atomic E-state index is 0.0607. The van der Waals surface area contributed by atoms with Gasteiger partial charge in [-0.1, -0.05) is 40.0 Å². The molecule has 3 aromatic heterocycles. The van der Waals surface area contributed by atoms with Gasteiger partial charge in [0, 0.05) is 49.7 Å². The molecule has 0 bridgehead atoms. The number of halogens is 3. The molecule has 12 heteroatoms. The van der Waals surface area contributed by atoms with Crippen molar-refractivity contribution in [2.75, 3.05) is 0 Å². The first-order chi connectivity index (χ1) is 19.2. The third kappa shape index (κ3) is 6.66. The molecular formula is C28H27Cl3N4O5. The molecule has 2 aliphatic carbocycles. The first-order valence-electron chi connectivity index (χ1n) is 13.0. The zero-order valence-corrected chi connectivity index (χ0v) is 24.0. The maximum Gasteiger partial charge on any atom is 0.278 e. The van der Waals surface area contributed by atoms with Crippen LogP contribution in [0.2, 0.25) is 15.1 Å². The van der Waals surface area contributed by atoms with Crippen molar-refractivity contribution in [2.45, 2.75) is 70.5 Å². The number of aliphatic hydroxyl groups excluding tert-OH is 1. The number of imidazole rings is 1. The molecule has 0 saturated heterocycles. The van der Waals surface area contributed by atoms with Crippen molar-refractivity contribution >= 4 is 52.0 Å². The molecule has 0 amide bonds. The third-order valence-corrected chi connectivity index (χ3v) is 7.73. The highest BCUT2D eigenvalue weighted by Gasteiger charge is 2.23. The van der Waals surface area contributed by atoms with Crippen LogP contribution < -0.4 is 4.74 Å². The van der Waals surface area contributed by atoms with Gasteiger partial charge in [-0.2, -0.15) is 4.98 Å². The molecule has 4 aromatic rings. The largest absolute Gasteiger partial charge is 0.489 e. The van der Waals surface area contributed by atoms with E-state index in [1.807, 2.05) is 23.6 Å². The zero-order valence-electron chi connectivity index (χ0n) is 21.7. The molecule has 6 rings (SSSR count). The molecule has 1 N–H and O–H groups in total. The smallest absolute Gasteiger partial charge is 0.278 e. The average molecular weight is 606 g/mol. The number of hydrogen-bond donors (Lipinski definition) is 1. The summed E-state index contributed by atoms with van der Waals surface area (Å²) in [5.41, 5.74) is 2.60. The number of fused-ring (bicyclic) bond motifs is 1. The molecule has 0 spiro atoms. The molecule has 2 fully saturated rings. The first kappa shape index (κ1) is 28.5. The van der Waals surface area contributed by atoms with Gasteiger partial charge in [-0.3, -0.25) is 9.59 Å². The summed E-state index contributed by atoms with van der Waals surface area (Å²) < 4.78 is 13.2. The van der Waals surface area contributed by atoms with Crippen molar-refractivity contribution in [1.82, 2.24) is 19.5 Å². The van der Waals surface area contributed by atoms with Crippen molar-refractivity contribution in [2.24, 2.45) is 0 Å². The van der Waals surface area contributed by atoms with Crippen molar-refractivity contribution in [3.8, 4) is 28.7 Å². The lowest BCUT2D eigenvalue weighted by Gasteiger charge is -2.23. The summed E-state index contributed by atoms with van der Waals surface area (Å²) in [7, 11) is 0. The Morgan fingerprint density at radius 2 is 1.57 bits per heavy atom. The van der Waals surface area contributed by atoms with Crippen LogP contribution in [0.1, 0.15) is 56.9 Å². The molecule has 3 heterocycles. The SMILES string of the molecule is Cc1cc(Cl)c2nc(-c3nc(-c4cc(Cl)c(OC5CCC(=O)CC5)cc4Cl)no3)cn2c1.O=C1CCC(O)CC1. The Morgan fingerprint density at radius 1 is 0.900 bits per heavy atom. The van der Waals surface area contributed by atoms with Crippen LogP contribution in [-0.2, 0) is 9.59 Å². The normalized spacial score (nSPS) is 16.7. The van der Waals surface area contributed by atoms with Crippen molar-refractivity contribution in [1.29, 1.82) is 0 Å². The van der Waals surface area contributed by atoms with Crippen LogP contribution in [0.15, 0.2) is 35.1 Å². The standard InChI is InChI=1S/C22H17Cl3N4O3.C6H10O2/c1-11-6-17(25)21-26-18(10-29(21)9-11)22-27-20(28-32-22)14-7-16(24)19(8-15(14)23)31-13-4-2-12(30)3-5-13;7-5-1-2-6(8)4-3-5/h6-10,13H,2-5H2,1H3;5,7H,1-4H2. The molecule has 40 heavy (non-hydrogen) atoms. The fourth-order valence-corrected chi connectivity index (χ4v) is 5.41. The van der Waals surface area contributed by atoms with E-state index < -0.39 is 0 Å². The maximum atomic E-state index is 11.4. The second kappa shape index (κ2) is 12.3. The van der Waals surface area contributed by atoms with Gasteiger partial charge in [0.15, 0.2) is 5.65 Å². The van der Waals surface area contributed by atoms with Gasteiger partial charge in [-0.25, -0.2) is 4.98 Å². The molecule has 1 aromatic carbocycles. The number of hydrogen-bond acceptors (Lipinski definition) is 8. The highest BCUT2D eigenvalue weighted by molar-refractivity contribution is 6.36. The molecule has 2 saturated carbocycles. The lowest BCUT2D eigenvalue weighted by molar-refractivity contribution is -0.122. The summed E-state index contributed by atoms with van der Waals surface area (Å²) in [4.78, 5) is 30.9. The Balaban J connectivity index is 0.000000348. The number of benzene rings is 1. The number of ether oxygens (including phenoxy) is 1. The number of carbonyl (C=O) groups is 2. The molecule has 0 atom stereocenters. The van der Waals surface area contributed by atoms with Crippen LogP contribution in [-0.4, -0.2) is 48.4 Å². The van der Waals surface area contributed by atoms with Gasteiger partial charge < -0.3 is 18.8 Å².